The van der Waals surface area contributed by atoms with Crippen LogP contribution in [0.2, 0.25) is 0 Å². The van der Waals surface area contributed by atoms with Crippen LogP contribution in [0.4, 0.5) is 10.8 Å². The van der Waals surface area contributed by atoms with Crippen molar-refractivity contribution in [3.05, 3.63) is 28.7 Å². The average molecular weight is 429 g/mol. The molecular formula is C15H17BrN4O2S2. The Balaban J connectivity index is 1.79. The van der Waals surface area contributed by atoms with Crippen molar-refractivity contribution < 1.29 is 9.59 Å². The normalized spacial score (nSPS) is 10.7. The second kappa shape index (κ2) is 9.14. The zero-order valence-electron chi connectivity index (χ0n) is 13.2. The number of hydrogen-bond donors (Lipinski definition) is 2. The predicted molar refractivity (Wildman–Crippen MR) is 101 cm³/mol. The van der Waals surface area contributed by atoms with Gasteiger partial charge in [-0.1, -0.05) is 52.9 Å². The van der Waals surface area contributed by atoms with E-state index >= 15 is 0 Å². The van der Waals surface area contributed by atoms with Gasteiger partial charge in [0.05, 0.1) is 5.75 Å². The highest BCUT2D eigenvalue weighted by Gasteiger charge is 2.11. The third kappa shape index (κ3) is 6.58. The summed E-state index contributed by atoms with van der Waals surface area (Å²) in [5.74, 6) is 0.313. The second-order valence-corrected chi connectivity index (χ2v) is 8.48. The first-order valence-electron chi connectivity index (χ1n) is 7.24. The predicted octanol–water partition coefficient (Wildman–Crippen LogP) is 4.02. The monoisotopic (exact) mass is 428 g/mol. The largest absolute Gasteiger partial charge is 0.325 e. The van der Waals surface area contributed by atoms with E-state index in [2.05, 4.69) is 36.8 Å². The van der Waals surface area contributed by atoms with Crippen LogP contribution in [0.5, 0.6) is 0 Å². The Morgan fingerprint density at radius 2 is 1.88 bits per heavy atom. The lowest BCUT2D eigenvalue weighted by Crippen LogP contribution is -2.13. The molecule has 0 aliphatic heterocycles. The molecule has 2 aromatic rings. The number of anilines is 2. The number of benzene rings is 1. The minimum Gasteiger partial charge on any atom is -0.325 e. The first-order valence-corrected chi connectivity index (χ1v) is 9.83. The topological polar surface area (TPSA) is 84.0 Å². The number of nitrogens with one attached hydrogen (secondary N) is 2. The highest BCUT2D eigenvalue weighted by Crippen LogP contribution is 2.26. The van der Waals surface area contributed by atoms with E-state index in [0.29, 0.717) is 15.9 Å². The molecule has 0 unspecified atom stereocenters. The van der Waals surface area contributed by atoms with Crippen molar-refractivity contribution in [3.63, 3.8) is 0 Å². The Kier molecular flexibility index (Phi) is 7.19. The number of aromatic nitrogens is 2. The molecule has 0 aliphatic carbocycles. The molecular weight excluding hydrogens is 412 g/mol. The third-order valence-electron chi connectivity index (χ3n) is 2.70. The summed E-state index contributed by atoms with van der Waals surface area (Å²) in [6, 6.07) is 7.36. The zero-order chi connectivity index (χ0) is 17.5. The van der Waals surface area contributed by atoms with Gasteiger partial charge < -0.3 is 10.6 Å². The standard InChI is InChI=1S/C15H17BrN4O2S2/c1-9(2)7-12(21)18-14-19-20-15(24-14)23-8-13(22)17-11-5-3-10(16)4-6-11/h3-6,9H,7-8H2,1-2H3,(H,17,22)(H,18,19,21). The molecule has 0 fully saturated rings. The van der Waals surface area contributed by atoms with Crippen LogP contribution in [0.15, 0.2) is 33.1 Å². The van der Waals surface area contributed by atoms with E-state index in [1.807, 2.05) is 38.1 Å². The SMILES string of the molecule is CC(C)CC(=O)Nc1nnc(SCC(=O)Nc2ccc(Br)cc2)s1. The number of carbonyl (C=O) groups is 2. The molecule has 6 nitrogen and oxygen atoms in total. The van der Waals surface area contributed by atoms with Crippen molar-refractivity contribution in [2.24, 2.45) is 5.92 Å². The number of carbonyl (C=O) groups excluding carboxylic acids is 2. The van der Waals surface area contributed by atoms with Crippen LogP contribution in [0.3, 0.4) is 0 Å². The third-order valence-corrected chi connectivity index (χ3v) is 5.20. The Hall–Kier alpha value is -1.45. The molecule has 128 valence electrons. The van der Waals surface area contributed by atoms with Gasteiger partial charge in [-0.05, 0) is 30.2 Å². The molecule has 1 heterocycles. The highest BCUT2D eigenvalue weighted by molar-refractivity contribution is 9.10. The average Bonchev–Trinajstić information content (AvgIpc) is 2.94. The zero-order valence-corrected chi connectivity index (χ0v) is 16.4. The summed E-state index contributed by atoms with van der Waals surface area (Å²) in [6.07, 6.45) is 0.442. The molecule has 0 saturated carbocycles. The molecule has 1 aromatic carbocycles. The molecule has 0 spiro atoms. The molecule has 0 bridgehead atoms. The van der Waals surface area contributed by atoms with Crippen molar-refractivity contribution in [1.29, 1.82) is 0 Å². The second-order valence-electron chi connectivity index (χ2n) is 5.36. The van der Waals surface area contributed by atoms with Crippen molar-refractivity contribution in [1.82, 2.24) is 10.2 Å². The summed E-state index contributed by atoms with van der Waals surface area (Å²) < 4.78 is 1.59. The van der Waals surface area contributed by atoms with Gasteiger partial charge in [0, 0.05) is 16.6 Å². The first-order chi connectivity index (χ1) is 11.4. The van der Waals surface area contributed by atoms with Crippen molar-refractivity contribution in [2.75, 3.05) is 16.4 Å². The summed E-state index contributed by atoms with van der Waals surface area (Å²) in [7, 11) is 0. The summed E-state index contributed by atoms with van der Waals surface area (Å²) >= 11 is 5.89. The summed E-state index contributed by atoms with van der Waals surface area (Å²) in [5.41, 5.74) is 0.739. The number of rotatable bonds is 7. The van der Waals surface area contributed by atoms with Gasteiger partial charge in [-0.15, -0.1) is 10.2 Å². The van der Waals surface area contributed by atoms with Crippen LogP contribution in [0, 0.1) is 5.92 Å². The lowest BCUT2D eigenvalue weighted by atomic mass is 10.1. The molecule has 1 aromatic heterocycles. The van der Waals surface area contributed by atoms with Crippen molar-refractivity contribution >= 4 is 61.7 Å². The summed E-state index contributed by atoms with van der Waals surface area (Å²) in [5, 5.41) is 13.9. The van der Waals surface area contributed by atoms with Gasteiger partial charge in [-0.3, -0.25) is 9.59 Å². The number of thioether (sulfide) groups is 1. The Labute approximate surface area is 157 Å². The van der Waals surface area contributed by atoms with E-state index in [-0.39, 0.29) is 23.5 Å². The van der Waals surface area contributed by atoms with E-state index < -0.39 is 0 Å². The molecule has 0 atom stereocenters. The van der Waals surface area contributed by atoms with Gasteiger partial charge in [-0.25, -0.2) is 0 Å². The van der Waals surface area contributed by atoms with Gasteiger partial charge in [0.15, 0.2) is 4.34 Å². The molecule has 0 aliphatic rings. The Bertz CT molecular complexity index is 704. The van der Waals surface area contributed by atoms with Crippen LogP contribution < -0.4 is 10.6 Å². The van der Waals surface area contributed by atoms with Crippen LogP contribution in [0.1, 0.15) is 20.3 Å². The van der Waals surface area contributed by atoms with E-state index in [4.69, 9.17) is 0 Å². The maximum atomic E-state index is 11.9. The fraction of sp³-hybridized carbons (Fsp3) is 0.333. The van der Waals surface area contributed by atoms with Crippen LogP contribution in [0.25, 0.3) is 0 Å². The van der Waals surface area contributed by atoms with E-state index in [0.717, 1.165) is 10.2 Å². The van der Waals surface area contributed by atoms with Gasteiger partial charge in [-0.2, -0.15) is 0 Å². The van der Waals surface area contributed by atoms with Gasteiger partial charge in [0.2, 0.25) is 16.9 Å². The lowest BCUT2D eigenvalue weighted by Gasteiger charge is -2.04. The highest BCUT2D eigenvalue weighted by atomic mass is 79.9. The molecule has 2 N–H and O–H groups in total. The van der Waals surface area contributed by atoms with Crippen LogP contribution >= 0.6 is 39.0 Å². The van der Waals surface area contributed by atoms with Gasteiger partial charge in [0.25, 0.3) is 0 Å². The lowest BCUT2D eigenvalue weighted by molar-refractivity contribution is -0.117. The fourth-order valence-corrected chi connectivity index (χ4v) is 3.55. The molecule has 0 saturated heterocycles. The minimum absolute atomic E-state index is 0.0781. The maximum Gasteiger partial charge on any atom is 0.234 e. The number of halogens is 1. The first kappa shape index (κ1) is 18.9. The number of nitrogens with zero attached hydrogens (tertiary/aromatic N) is 2. The Morgan fingerprint density at radius 3 is 2.54 bits per heavy atom. The number of hydrogen-bond acceptors (Lipinski definition) is 6. The van der Waals surface area contributed by atoms with E-state index in [1.165, 1.54) is 23.1 Å². The van der Waals surface area contributed by atoms with Crippen LogP contribution in [-0.4, -0.2) is 27.8 Å². The molecule has 2 rings (SSSR count). The van der Waals surface area contributed by atoms with E-state index in [1.54, 1.807) is 0 Å². The van der Waals surface area contributed by atoms with Gasteiger partial charge >= 0.3 is 0 Å². The smallest absolute Gasteiger partial charge is 0.234 e. The molecule has 24 heavy (non-hydrogen) atoms. The molecule has 9 heteroatoms. The molecule has 0 radical (unpaired) electrons. The maximum absolute atomic E-state index is 11.9. The van der Waals surface area contributed by atoms with Crippen molar-refractivity contribution in [3.8, 4) is 0 Å². The van der Waals surface area contributed by atoms with Crippen molar-refractivity contribution in [2.45, 2.75) is 24.6 Å². The van der Waals surface area contributed by atoms with Gasteiger partial charge in [0.1, 0.15) is 0 Å². The van der Waals surface area contributed by atoms with E-state index in [9.17, 15) is 9.59 Å². The summed E-state index contributed by atoms with van der Waals surface area (Å²) in [4.78, 5) is 23.6. The quantitative estimate of drug-likeness (QED) is 0.513. The summed E-state index contributed by atoms with van der Waals surface area (Å²) in [6.45, 7) is 3.95. The molecule has 2 amide bonds. The minimum atomic E-state index is -0.122. The fourth-order valence-electron chi connectivity index (χ4n) is 1.72. The van der Waals surface area contributed by atoms with Crippen LogP contribution in [-0.2, 0) is 9.59 Å². The Morgan fingerprint density at radius 1 is 1.17 bits per heavy atom. The number of amides is 2.